The maximum atomic E-state index is 13.0. The maximum absolute atomic E-state index is 13.0. The Balaban J connectivity index is 1.75. The average Bonchev–Trinajstić information content (AvgIpc) is 3.13. The van der Waals surface area contributed by atoms with Crippen molar-refractivity contribution in [3.63, 3.8) is 0 Å². The molecule has 0 bridgehead atoms. The molecular formula is C22H21N3O4. The number of amides is 1. The Labute approximate surface area is 167 Å². The number of rotatable bonds is 5. The number of benzene rings is 2. The number of hydrogen-bond donors (Lipinski definition) is 0. The molecule has 2 heterocycles. The molecule has 29 heavy (non-hydrogen) atoms. The van der Waals surface area contributed by atoms with Gasteiger partial charge in [0.1, 0.15) is 23.3 Å². The molecule has 4 rings (SSSR count). The third-order valence-electron chi connectivity index (χ3n) is 4.84. The lowest BCUT2D eigenvalue weighted by Crippen LogP contribution is -2.30. The fourth-order valence-electron chi connectivity index (χ4n) is 3.39. The maximum Gasteiger partial charge on any atom is 0.347 e. The van der Waals surface area contributed by atoms with E-state index in [1.54, 1.807) is 17.8 Å². The summed E-state index contributed by atoms with van der Waals surface area (Å²) in [7, 11) is 1.70. The van der Waals surface area contributed by atoms with Crippen molar-refractivity contribution in [2.45, 2.75) is 20.4 Å². The summed E-state index contributed by atoms with van der Waals surface area (Å²) < 4.78 is 12.6. The number of ether oxygens (including phenoxy) is 1. The zero-order valence-corrected chi connectivity index (χ0v) is 16.5. The summed E-state index contributed by atoms with van der Waals surface area (Å²) >= 11 is 0. The summed E-state index contributed by atoms with van der Waals surface area (Å²) in [6.07, 6.45) is 1.45. The number of nitrogens with zero attached hydrogens (tertiary/aromatic N) is 3. The first kappa shape index (κ1) is 18.7. The molecule has 0 unspecified atom stereocenters. The average molecular weight is 391 g/mol. The fourth-order valence-corrected chi connectivity index (χ4v) is 3.39. The van der Waals surface area contributed by atoms with Crippen molar-refractivity contribution in [3.05, 3.63) is 64.6 Å². The molecule has 1 amide bonds. The van der Waals surface area contributed by atoms with E-state index in [0.29, 0.717) is 34.5 Å². The highest BCUT2D eigenvalue weighted by atomic mass is 16.5. The van der Waals surface area contributed by atoms with Crippen molar-refractivity contribution >= 4 is 33.5 Å². The van der Waals surface area contributed by atoms with Crippen LogP contribution in [0.1, 0.15) is 12.5 Å². The molecule has 4 aromatic rings. The Bertz CT molecular complexity index is 1270. The second-order valence-corrected chi connectivity index (χ2v) is 6.81. The summed E-state index contributed by atoms with van der Waals surface area (Å²) in [5.74, 6) is 0.453. The van der Waals surface area contributed by atoms with Crippen LogP contribution < -0.4 is 15.3 Å². The van der Waals surface area contributed by atoms with Crippen LogP contribution in [-0.2, 0) is 11.3 Å². The van der Waals surface area contributed by atoms with E-state index in [1.165, 1.54) is 11.1 Å². The first-order chi connectivity index (χ1) is 14.0. The molecular weight excluding hydrogens is 370 g/mol. The van der Waals surface area contributed by atoms with Gasteiger partial charge in [0.15, 0.2) is 0 Å². The molecule has 148 valence electrons. The number of carbonyl (C=O) groups excluding carboxylic acids is 1. The molecule has 0 radical (unpaired) electrons. The van der Waals surface area contributed by atoms with Gasteiger partial charge in [0, 0.05) is 12.4 Å². The van der Waals surface area contributed by atoms with Gasteiger partial charge in [-0.25, -0.2) is 4.79 Å². The predicted molar refractivity (Wildman–Crippen MR) is 112 cm³/mol. The highest BCUT2D eigenvalue weighted by molar-refractivity contribution is 6.03. The van der Waals surface area contributed by atoms with E-state index < -0.39 is 5.63 Å². The van der Waals surface area contributed by atoms with Crippen LogP contribution in [0.4, 0.5) is 5.69 Å². The third-order valence-corrected chi connectivity index (χ3v) is 4.84. The summed E-state index contributed by atoms with van der Waals surface area (Å²) in [4.78, 5) is 26.9. The summed E-state index contributed by atoms with van der Waals surface area (Å²) in [6.45, 7) is 4.34. The summed E-state index contributed by atoms with van der Waals surface area (Å²) in [5, 5.41) is 5.40. The Kier molecular flexibility index (Phi) is 4.80. The monoisotopic (exact) mass is 391 g/mol. The predicted octanol–water partition coefficient (Wildman–Crippen LogP) is 3.51. The molecule has 0 saturated carbocycles. The van der Waals surface area contributed by atoms with E-state index >= 15 is 0 Å². The number of aromatic nitrogens is 2. The molecule has 0 atom stereocenters. The number of aryl methyl sites for hydroxylation is 1. The van der Waals surface area contributed by atoms with Crippen molar-refractivity contribution in [2.75, 3.05) is 18.6 Å². The molecule has 0 aliphatic heterocycles. The van der Waals surface area contributed by atoms with Crippen LogP contribution in [-0.4, -0.2) is 29.3 Å². The summed E-state index contributed by atoms with van der Waals surface area (Å²) in [5.41, 5.74) is 2.30. The SMILES string of the molecule is CCOc1ccccc1N(C)C(=O)Cn1ncc2c(=O)oc3ccc(C)cc3c21. The lowest BCUT2D eigenvalue weighted by Gasteiger charge is -2.20. The van der Waals surface area contributed by atoms with Crippen molar-refractivity contribution in [1.82, 2.24) is 9.78 Å². The van der Waals surface area contributed by atoms with Crippen LogP contribution in [0.3, 0.4) is 0 Å². The number of fused-ring (bicyclic) bond motifs is 3. The van der Waals surface area contributed by atoms with Gasteiger partial charge in [-0.1, -0.05) is 23.8 Å². The summed E-state index contributed by atoms with van der Waals surface area (Å²) in [6, 6.07) is 12.9. The van der Waals surface area contributed by atoms with Gasteiger partial charge >= 0.3 is 5.63 Å². The van der Waals surface area contributed by atoms with Crippen molar-refractivity contribution in [3.8, 4) is 5.75 Å². The van der Waals surface area contributed by atoms with Gasteiger partial charge in [-0.05, 0) is 38.1 Å². The van der Waals surface area contributed by atoms with Crippen LogP contribution in [0.15, 0.2) is 57.9 Å². The Hall–Kier alpha value is -3.61. The van der Waals surface area contributed by atoms with Gasteiger partial charge in [0.05, 0.1) is 24.0 Å². The second-order valence-electron chi connectivity index (χ2n) is 6.81. The van der Waals surface area contributed by atoms with E-state index in [4.69, 9.17) is 9.15 Å². The smallest absolute Gasteiger partial charge is 0.347 e. The lowest BCUT2D eigenvalue weighted by molar-refractivity contribution is -0.119. The minimum absolute atomic E-state index is 0.0209. The van der Waals surface area contributed by atoms with Crippen molar-refractivity contribution < 1.29 is 13.9 Å². The fraction of sp³-hybridized carbons (Fsp3) is 0.227. The molecule has 0 aliphatic carbocycles. The first-order valence-electron chi connectivity index (χ1n) is 9.37. The molecule has 0 spiro atoms. The molecule has 2 aromatic heterocycles. The minimum Gasteiger partial charge on any atom is -0.492 e. The highest BCUT2D eigenvalue weighted by Gasteiger charge is 2.19. The van der Waals surface area contributed by atoms with E-state index in [9.17, 15) is 9.59 Å². The molecule has 0 fully saturated rings. The first-order valence-corrected chi connectivity index (χ1v) is 9.37. The minimum atomic E-state index is -0.468. The normalized spacial score (nSPS) is 11.1. The molecule has 2 aromatic carbocycles. The van der Waals surface area contributed by atoms with Crippen molar-refractivity contribution in [2.24, 2.45) is 0 Å². The number of anilines is 1. The molecule has 0 N–H and O–H groups in total. The number of hydrogen-bond acceptors (Lipinski definition) is 5. The zero-order chi connectivity index (χ0) is 20.5. The topological polar surface area (TPSA) is 77.6 Å². The number of carbonyl (C=O) groups is 1. The van der Waals surface area contributed by atoms with Gasteiger partial charge < -0.3 is 14.1 Å². The Morgan fingerprint density at radius 3 is 2.79 bits per heavy atom. The largest absolute Gasteiger partial charge is 0.492 e. The third kappa shape index (κ3) is 3.35. The Morgan fingerprint density at radius 2 is 2.00 bits per heavy atom. The van der Waals surface area contributed by atoms with Crippen LogP contribution in [0, 0.1) is 6.92 Å². The van der Waals surface area contributed by atoms with Gasteiger partial charge in [0.2, 0.25) is 5.91 Å². The molecule has 0 saturated heterocycles. The standard InChI is InChI=1S/C22H21N3O4/c1-4-28-19-8-6-5-7-17(19)24(3)20(26)13-25-21-15-11-14(2)9-10-18(15)29-22(27)16(21)12-23-25/h5-12H,4,13H2,1-3H3. The van der Waals surface area contributed by atoms with E-state index in [0.717, 1.165) is 10.9 Å². The molecule has 7 nitrogen and oxygen atoms in total. The lowest BCUT2D eigenvalue weighted by atomic mass is 10.1. The van der Waals surface area contributed by atoms with Gasteiger partial charge in [-0.2, -0.15) is 5.10 Å². The van der Waals surface area contributed by atoms with E-state index in [-0.39, 0.29) is 12.5 Å². The highest BCUT2D eigenvalue weighted by Crippen LogP contribution is 2.28. The number of para-hydroxylation sites is 2. The van der Waals surface area contributed by atoms with Crippen molar-refractivity contribution in [1.29, 1.82) is 0 Å². The van der Waals surface area contributed by atoms with Gasteiger partial charge in [-0.3, -0.25) is 9.48 Å². The zero-order valence-electron chi connectivity index (χ0n) is 16.5. The van der Waals surface area contributed by atoms with E-state index in [2.05, 4.69) is 5.10 Å². The van der Waals surface area contributed by atoms with Crippen LogP contribution in [0.25, 0.3) is 21.9 Å². The quantitative estimate of drug-likeness (QED) is 0.487. The second kappa shape index (κ2) is 7.43. The van der Waals surface area contributed by atoms with Gasteiger partial charge in [-0.15, -0.1) is 0 Å². The van der Waals surface area contributed by atoms with E-state index in [1.807, 2.05) is 50.2 Å². The molecule has 7 heteroatoms. The molecule has 0 aliphatic rings. The Morgan fingerprint density at radius 1 is 1.21 bits per heavy atom. The van der Waals surface area contributed by atoms with Crippen LogP contribution in [0.5, 0.6) is 5.75 Å². The van der Waals surface area contributed by atoms with Crippen LogP contribution in [0.2, 0.25) is 0 Å². The van der Waals surface area contributed by atoms with Gasteiger partial charge in [0.25, 0.3) is 0 Å². The van der Waals surface area contributed by atoms with Crippen LogP contribution >= 0.6 is 0 Å². The number of likely N-dealkylation sites (N-methyl/N-ethyl adjacent to an activating group) is 1.